The Morgan fingerprint density at radius 1 is 1.36 bits per heavy atom. The molecule has 0 amide bonds. The van der Waals surface area contributed by atoms with E-state index in [1.165, 1.54) is 0 Å². The lowest BCUT2D eigenvalue weighted by molar-refractivity contribution is -0.146. The molecule has 0 saturated heterocycles. The van der Waals surface area contributed by atoms with Crippen LogP contribution in [-0.2, 0) is 9.53 Å². The third-order valence-electron chi connectivity index (χ3n) is 1.92. The van der Waals surface area contributed by atoms with Gasteiger partial charge in [-0.05, 0) is 32.2 Å². The van der Waals surface area contributed by atoms with Crippen molar-refractivity contribution in [2.24, 2.45) is 5.92 Å². The van der Waals surface area contributed by atoms with Crippen molar-refractivity contribution in [1.29, 1.82) is 0 Å². The lowest BCUT2D eigenvalue weighted by Crippen LogP contribution is -2.39. The minimum Gasteiger partial charge on any atom is -0.465 e. The van der Waals surface area contributed by atoms with Crippen molar-refractivity contribution >= 4 is 5.97 Å². The molecule has 1 N–H and O–H groups in total. The zero-order valence-electron chi connectivity index (χ0n) is 9.80. The van der Waals surface area contributed by atoms with E-state index in [1.54, 1.807) is 0 Å². The van der Waals surface area contributed by atoms with E-state index in [1.807, 2.05) is 6.92 Å². The molecule has 0 rings (SSSR count). The highest BCUT2D eigenvalue weighted by Crippen LogP contribution is 2.06. The maximum Gasteiger partial charge on any atom is 0.323 e. The Hall–Kier alpha value is -0.570. The number of carbonyl (C=O) groups excluding carboxylic acids is 1. The normalized spacial score (nSPS) is 12.9. The largest absolute Gasteiger partial charge is 0.465 e. The van der Waals surface area contributed by atoms with Crippen molar-refractivity contribution in [3.8, 4) is 0 Å². The molecule has 0 heterocycles. The Kier molecular flexibility index (Phi) is 7.48. The molecule has 0 fully saturated rings. The lowest BCUT2D eigenvalue weighted by atomic mass is 10.0. The molecule has 0 saturated carbocycles. The zero-order chi connectivity index (χ0) is 11.0. The molecule has 0 aromatic rings. The van der Waals surface area contributed by atoms with Crippen molar-refractivity contribution in [2.75, 3.05) is 13.2 Å². The van der Waals surface area contributed by atoms with Crippen LogP contribution in [0.25, 0.3) is 0 Å². The summed E-state index contributed by atoms with van der Waals surface area (Å²) in [7, 11) is 0. The second-order valence-electron chi connectivity index (χ2n) is 3.89. The van der Waals surface area contributed by atoms with E-state index in [4.69, 9.17) is 4.74 Å². The van der Waals surface area contributed by atoms with Gasteiger partial charge in [0.2, 0.25) is 0 Å². The summed E-state index contributed by atoms with van der Waals surface area (Å²) in [5.41, 5.74) is 0. The van der Waals surface area contributed by atoms with E-state index in [0.717, 1.165) is 19.4 Å². The minimum atomic E-state index is -0.130. The molecule has 1 atom stereocenters. The fraction of sp³-hybridized carbons (Fsp3) is 0.909. The summed E-state index contributed by atoms with van der Waals surface area (Å²) < 4.78 is 5.00. The first-order valence-electron chi connectivity index (χ1n) is 5.51. The Balaban J connectivity index is 4.01. The molecule has 1 unspecified atom stereocenters. The van der Waals surface area contributed by atoms with Crippen LogP contribution in [0.3, 0.4) is 0 Å². The van der Waals surface area contributed by atoms with Gasteiger partial charge in [-0.15, -0.1) is 0 Å². The molecule has 3 heteroatoms. The molecule has 0 aliphatic heterocycles. The molecule has 14 heavy (non-hydrogen) atoms. The molecule has 84 valence electrons. The van der Waals surface area contributed by atoms with E-state index in [9.17, 15) is 4.79 Å². The van der Waals surface area contributed by atoms with Crippen molar-refractivity contribution in [3.05, 3.63) is 0 Å². The Bertz CT molecular complexity index is 157. The van der Waals surface area contributed by atoms with Crippen LogP contribution in [0.2, 0.25) is 0 Å². The van der Waals surface area contributed by atoms with E-state index >= 15 is 0 Å². The number of ether oxygens (including phenoxy) is 1. The second-order valence-corrected chi connectivity index (χ2v) is 3.89. The SMILES string of the molecule is CCCNC(CC(C)C)C(=O)OCC. The monoisotopic (exact) mass is 201 g/mol. The van der Waals surface area contributed by atoms with E-state index in [0.29, 0.717) is 12.5 Å². The number of nitrogens with one attached hydrogen (secondary N) is 1. The highest BCUT2D eigenvalue weighted by atomic mass is 16.5. The van der Waals surface area contributed by atoms with Crippen LogP contribution in [0, 0.1) is 5.92 Å². The van der Waals surface area contributed by atoms with Crippen LogP contribution in [0.4, 0.5) is 0 Å². The van der Waals surface area contributed by atoms with E-state index in [-0.39, 0.29) is 12.0 Å². The Morgan fingerprint density at radius 3 is 2.43 bits per heavy atom. The van der Waals surface area contributed by atoms with Gasteiger partial charge in [0.25, 0.3) is 0 Å². The summed E-state index contributed by atoms with van der Waals surface area (Å²) in [6.07, 6.45) is 1.88. The van der Waals surface area contributed by atoms with Crippen LogP contribution in [-0.4, -0.2) is 25.2 Å². The van der Waals surface area contributed by atoms with Gasteiger partial charge in [0, 0.05) is 0 Å². The molecule has 0 aromatic heterocycles. The van der Waals surface area contributed by atoms with E-state index < -0.39 is 0 Å². The average Bonchev–Trinajstić information content (AvgIpc) is 2.12. The van der Waals surface area contributed by atoms with Gasteiger partial charge in [-0.3, -0.25) is 4.79 Å². The van der Waals surface area contributed by atoms with Gasteiger partial charge in [0.05, 0.1) is 6.61 Å². The third-order valence-corrected chi connectivity index (χ3v) is 1.92. The topological polar surface area (TPSA) is 38.3 Å². The molecule has 3 nitrogen and oxygen atoms in total. The number of rotatable bonds is 7. The summed E-state index contributed by atoms with van der Waals surface area (Å²) in [5, 5.41) is 3.21. The maximum atomic E-state index is 11.5. The molecule has 0 bridgehead atoms. The first-order chi connectivity index (χ1) is 6.61. The standard InChI is InChI=1S/C11H23NO2/c1-5-7-12-10(8-9(3)4)11(13)14-6-2/h9-10,12H,5-8H2,1-4H3. The summed E-state index contributed by atoms with van der Waals surface area (Å²) >= 11 is 0. The highest BCUT2D eigenvalue weighted by Gasteiger charge is 2.19. The summed E-state index contributed by atoms with van der Waals surface area (Å²) in [5.74, 6) is 0.392. The first kappa shape index (κ1) is 13.4. The van der Waals surface area contributed by atoms with Gasteiger partial charge in [0.1, 0.15) is 6.04 Å². The minimum absolute atomic E-state index is 0.116. The molecule has 0 radical (unpaired) electrons. The molecule has 0 aliphatic rings. The van der Waals surface area contributed by atoms with Gasteiger partial charge in [-0.2, -0.15) is 0 Å². The van der Waals surface area contributed by atoms with E-state index in [2.05, 4.69) is 26.1 Å². The first-order valence-corrected chi connectivity index (χ1v) is 5.51. The van der Waals surface area contributed by atoms with Crippen molar-refractivity contribution in [2.45, 2.75) is 46.6 Å². The number of hydrogen-bond donors (Lipinski definition) is 1. The zero-order valence-corrected chi connectivity index (χ0v) is 9.80. The Morgan fingerprint density at radius 2 is 2.00 bits per heavy atom. The molecular weight excluding hydrogens is 178 g/mol. The van der Waals surface area contributed by atoms with Crippen molar-refractivity contribution in [1.82, 2.24) is 5.32 Å². The number of esters is 1. The van der Waals surface area contributed by atoms with Gasteiger partial charge in [-0.25, -0.2) is 0 Å². The summed E-state index contributed by atoms with van der Waals surface area (Å²) in [6.45, 7) is 9.48. The van der Waals surface area contributed by atoms with Crippen LogP contribution in [0.5, 0.6) is 0 Å². The van der Waals surface area contributed by atoms with Gasteiger partial charge in [0.15, 0.2) is 0 Å². The van der Waals surface area contributed by atoms with Gasteiger partial charge < -0.3 is 10.1 Å². The Labute approximate surface area is 87.2 Å². The lowest BCUT2D eigenvalue weighted by Gasteiger charge is -2.18. The van der Waals surface area contributed by atoms with Crippen LogP contribution in [0.15, 0.2) is 0 Å². The molecular formula is C11H23NO2. The number of carbonyl (C=O) groups is 1. The maximum absolute atomic E-state index is 11.5. The smallest absolute Gasteiger partial charge is 0.323 e. The quantitative estimate of drug-likeness (QED) is 0.640. The average molecular weight is 201 g/mol. The highest BCUT2D eigenvalue weighted by molar-refractivity contribution is 5.75. The predicted molar refractivity (Wildman–Crippen MR) is 58.2 cm³/mol. The van der Waals surface area contributed by atoms with Crippen LogP contribution < -0.4 is 5.32 Å². The third kappa shape index (κ3) is 5.97. The number of hydrogen-bond acceptors (Lipinski definition) is 3. The molecule has 0 aliphatic carbocycles. The van der Waals surface area contributed by atoms with Crippen molar-refractivity contribution in [3.63, 3.8) is 0 Å². The summed E-state index contributed by atoms with van der Waals surface area (Å²) in [6, 6.07) is -0.130. The van der Waals surface area contributed by atoms with Gasteiger partial charge >= 0.3 is 5.97 Å². The van der Waals surface area contributed by atoms with Crippen LogP contribution in [0.1, 0.15) is 40.5 Å². The molecule has 0 aromatic carbocycles. The molecule has 0 spiro atoms. The second kappa shape index (κ2) is 7.80. The summed E-state index contributed by atoms with van der Waals surface area (Å²) in [4.78, 5) is 11.5. The fourth-order valence-electron chi connectivity index (χ4n) is 1.30. The van der Waals surface area contributed by atoms with Gasteiger partial charge in [-0.1, -0.05) is 20.8 Å². The predicted octanol–water partition coefficient (Wildman–Crippen LogP) is 1.96. The van der Waals surface area contributed by atoms with Crippen LogP contribution >= 0.6 is 0 Å². The fourth-order valence-corrected chi connectivity index (χ4v) is 1.30. The van der Waals surface area contributed by atoms with Crippen molar-refractivity contribution < 1.29 is 9.53 Å².